The van der Waals surface area contributed by atoms with Gasteiger partial charge in [0.05, 0.1) is 11.5 Å². The molecule has 1 aromatic rings. The number of fused-ring (bicyclic) bond motifs is 1. The van der Waals surface area contributed by atoms with Crippen molar-refractivity contribution in [1.82, 2.24) is 10.2 Å². The smallest absolute Gasteiger partial charge is 0.231 e. The Balaban J connectivity index is 1.61. The van der Waals surface area contributed by atoms with Gasteiger partial charge in [-0.2, -0.15) is 0 Å². The fourth-order valence-electron chi connectivity index (χ4n) is 3.04. The first-order valence-electron chi connectivity index (χ1n) is 8.12. The van der Waals surface area contributed by atoms with Crippen LogP contribution in [0.3, 0.4) is 0 Å². The number of ether oxygens (including phenoxy) is 2. The van der Waals surface area contributed by atoms with Crippen LogP contribution in [0.1, 0.15) is 25.3 Å². The second kappa shape index (κ2) is 7.14. The van der Waals surface area contributed by atoms with Crippen molar-refractivity contribution in [3.63, 3.8) is 0 Å². The van der Waals surface area contributed by atoms with Crippen molar-refractivity contribution in [1.29, 1.82) is 0 Å². The van der Waals surface area contributed by atoms with Crippen LogP contribution in [0.4, 0.5) is 0 Å². The summed E-state index contributed by atoms with van der Waals surface area (Å²) in [5.41, 5.74) is 1.04. The quantitative estimate of drug-likeness (QED) is 0.791. The third-order valence-corrected chi connectivity index (χ3v) is 6.38. The molecule has 0 bridgehead atoms. The first kappa shape index (κ1) is 17.3. The molecule has 0 aliphatic carbocycles. The molecule has 0 spiro atoms. The van der Waals surface area contributed by atoms with Crippen LogP contribution < -0.4 is 14.8 Å². The first-order valence-corrected chi connectivity index (χ1v) is 10.3. The Labute approximate surface area is 148 Å². The standard InChI is InChI=1S/C16H22N2O4S2/c1-2-6-18(13-5-7-24(19,20)10-13)16(23)17-9-12-3-4-14-15(8-12)22-11-21-14/h3-4,8,13H,2,5-7,9-11H2,1H3,(H,17,23)/t13-/m1/s1. The number of hydrogen-bond donors (Lipinski definition) is 1. The summed E-state index contributed by atoms with van der Waals surface area (Å²) in [4.78, 5) is 2.02. The van der Waals surface area contributed by atoms with E-state index in [0.29, 0.717) is 18.1 Å². The molecule has 1 atom stereocenters. The van der Waals surface area contributed by atoms with Gasteiger partial charge in [0.2, 0.25) is 6.79 Å². The van der Waals surface area contributed by atoms with Gasteiger partial charge in [-0.1, -0.05) is 13.0 Å². The molecule has 0 saturated carbocycles. The van der Waals surface area contributed by atoms with E-state index in [0.717, 1.165) is 30.0 Å². The maximum absolute atomic E-state index is 11.7. The average Bonchev–Trinajstić information content (AvgIpc) is 3.15. The second-order valence-corrected chi connectivity index (χ2v) is 8.71. The highest BCUT2D eigenvalue weighted by Gasteiger charge is 2.33. The van der Waals surface area contributed by atoms with Crippen molar-refractivity contribution in [2.24, 2.45) is 0 Å². The Kier molecular flexibility index (Phi) is 5.15. The number of nitrogens with one attached hydrogen (secondary N) is 1. The van der Waals surface area contributed by atoms with E-state index in [9.17, 15) is 8.42 Å². The molecule has 2 aliphatic rings. The molecule has 0 amide bonds. The van der Waals surface area contributed by atoms with Crippen molar-refractivity contribution in [3.05, 3.63) is 23.8 Å². The Hall–Kier alpha value is -1.54. The number of hydrogen-bond acceptors (Lipinski definition) is 5. The average molecular weight is 370 g/mol. The van der Waals surface area contributed by atoms with Gasteiger partial charge in [0.15, 0.2) is 26.4 Å². The minimum atomic E-state index is -2.93. The highest BCUT2D eigenvalue weighted by atomic mass is 32.2. The molecule has 0 aromatic heterocycles. The predicted octanol–water partition coefficient (Wildman–Crippen LogP) is 1.69. The van der Waals surface area contributed by atoms with E-state index in [1.807, 2.05) is 23.1 Å². The van der Waals surface area contributed by atoms with E-state index in [1.54, 1.807) is 0 Å². The minimum Gasteiger partial charge on any atom is -0.454 e. The molecular formula is C16H22N2O4S2. The van der Waals surface area contributed by atoms with Gasteiger partial charge in [0.1, 0.15) is 0 Å². The zero-order valence-electron chi connectivity index (χ0n) is 13.7. The van der Waals surface area contributed by atoms with E-state index < -0.39 is 9.84 Å². The van der Waals surface area contributed by atoms with Gasteiger partial charge >= 0.3 is 0 Å². The van der Waals surface area contributed by atoms with Crippen LogP contribution in [-0.2, 0) is 16.4 Å². The molecule has 2 aliphatic heterocycles. The lowest BCUT2D eigenvalue weighted by atomic mass is 10.2. The fraction of sp³-hybridized carbons (Fsp3) is 0.562. The van der Waals surface area contributed by atoms with Gasteiger partial charge in [0, 0.05) is 19.1 Å². The second-order valence-electron chi connectivity index (χ2n) is 6.10. The van der Waals surface area contributed by atoms with Gasteiger partial charge in [-0.25, -0.2) is 8.42 Å². The zero-order valence-corrected chi connectivity index (χ0v) is 15.3. The number of nitrogens with zero attached hydrogens (tertiary/aromatic N) is 1. The summed E-state index contributed by atoms with van der Waals surface area (Å²) in [6.45, 7) is 3.64. The summed E-state index contributed by atoms with van der Waals surface area (Å²) >= 11 is 5.52. The summed E-state index contributed by atoms with van der Waals surface area (Å²) in [7, 11) is -2.93. The van der Waals surface area contributed by atoms with E-state index >= 15 is 0 Å². The number of sulfone groups is 1. The summed E-state index contributed by atoms with van der Waals surface area (Å²) in [6.07, 6.45) is 1.57. The van der Waals surface area contributed by atoms with Gasteiger partial charge in [-0.15, -0.1) is 0 Å². The van der Waals surface area contributed by atoms with Crippen LogP contribution in [0.2, 0.25) is 0 Å². The molecule has 0 unspecified atom stereocenters. The Morgan fingerprint density at radius 2 is 2.17 bits per heavy atom. The summed E-state index contributed by atoms with van der Waals surface area (Å²) in [5, 5.41) is 3.85. The molecule has 1 aromatic carbocycles. The van der Waals surface area contributed by atoms with Gasteiger partial charge in [-0.3, -0.25) is 0 Å². The van der Waals surface area contributed by atoms with E-state index in [4.69, 9.17) is 21.7 Å². The van der Waals surface area contributed by atoms with E-state index in [1.165, 1.54) is 0 Å². The first-order chi connectivity index (χ1) is 11.5. The van der Waals surface area contributed by atoms with Gasteiger partial charge in [-0.05, 0) is 42.8 Å². The Morgan fingerprint density at radius 1 is 1.38 bits per heavy atom. The molecule has 24 heavy (non-hydrogen) atoms. The zero-order chi connectivity index (χ0) is 17.2. The highest BCUT2D eigenvalue weighted by Crippen LogP contribution is 2.32. The molecule has 0 radical (unpaired) electrons. The third kappa shape index (κ3) is 3.92. The summed E-state index contributed by atoms with van der Waals surface area (Å²) < 4.78 is 34.2. The van der Waals surface area contributed by atoms with Crippen molar-refractivity contribution in [2.75, 3.05) is 24.8 Å². The minimum absolute atomic E-state index is 0.0216. The summed E-state index contributed by atoms with van der Waals surface area (Å²) in [6, 6.07) is 5.76. The van der Waals surface area contributed by atoms with Crippen molar-refractivity contribution in [2.45, 2.75) is 32.4 Å². The number of rotatable bonds is 5. The summed E-state index contributed by atoms with van der Waals surface area (Å²) in [5.74, 6) is 1.94. The van der Waals surface area contributed by atoms with Crippen molar-refractivity contribution in [3.8, 4) is 11.5 Å². The normalized spacial score (nSPS) is 20.8. The maximum Gasteiger partial charge on any atom is 0.231 e. The van der Waals surface area contributed by atoms with E-state index in [-0.39, 0.29) is 24.3 Å². The molecule has 132 valence electrons. The van der Waals surface area contributed by atoms with E-state index in [2.05, 4.69) is 12.2 Å². The lowest BCUT2D eigenvalue weighted by Crippen LogP contribution is -2.46. The molecule has 2 heterocycles. The van der Waals surface area contributed by atoms with Crippen LogP contribution in [0, 0.1) is 0 Å². The molecule has 1 saturated heterocycles. The maximum atomic E-state index is 11.7. The highest BCUT2D eigenvalue weighted by molar-refractivity contribution is 7.91. The predicted molar refractivity (Wildman–Crippen MR) is 96.1 cm³/mol. The monoisotopic (exact) mass is 370 g/mol. The van der Waals surface area contributed by atoms with Gasteiger partial charge < -0.3 is 19.7 Å². The lowest BCUT2D eigenvalue weighted by Gasteiger charge is -2.30. The Bertz CT molecular complexity index is 721. The molecule has 1 N–H and O–H groups in total. The molecule has 1 fully saturated rings. The van der Waals surface area contributed by atoms with Crippen LogP contribution in [0.25, 0.3) is 0 Å². The molecular weight excluding hydrogens is 348 g/mol. The van der Waals surface area contributed by atoms with Gasteiger partial charge in [0.25, 0.3) is 0 Å². The molecule has 3 rings (SSSR count). The fourth-order valence-corrected chi connectivity index (χ4v) is 5.09. The van der Waals surface area contributed by atoms with Crippen molar-refractivity contribution < 1.29 is 17.9 Å². The lowest BCUT2D eigenvalue weighted by molar-refractivity contribution is 0.174. The number of benzene rings is 1. The van der Waals surface area contributed by atoms with Crippen LogP contribution in [0.15, 0.2) is 18.2 Å². The van der Waals surface area contributed by atoms with Crippen LogP contribution in [-0.4, -0.2) is 49.3 Å². The third-order valence-electron chi connectivity index (χ3n) is 4.26. The largest absolute Gasteiger partial charge is 0.454 e. The topological polar surface area (TPSA) is 67.9 Å². The molecule has 8 heteroatoms. The molecule has 6 nitrogen and oxygen atoms in total. The Morgan fingerprint density at radius 3 is 2.88 bits per heavy atom. The van der Waals surface area contributed by atoms with Crippen LogP contribution in [0.5, 0.6) is 11.5 Å². The number of thiocarbonyl (C=S) groups is 1. The van der Waals surface area contributed by atoms with Crippen molar-refractivity contribution >= 4 is 27.2 Å². The SMILES string of the molecule is CCCN(C(=S)NCc1ccc2c(c1)OCO2)[C@@H]1CCS(=O)(=O)C1. The van der Waals surface area contributed by atoms with Crippen LogP contribution >= 0.6 is 12.2 Å².